The SMILES string of the molecule is CNCCN(C)CCc1ccc(F)cc1F. The fourth-order valence-electron chi connectivity index (χ4n) is 1.45. The Morgan fingerprint density at radius 1 is 1.25 bits per heavy atom. The van der Waals surface area contributed by atoms with Crippen LogP contribution in [0.15, 0.2) is 18.2 Å². The zero-order valence-corrected chi connectivity index (χ0v) is 9.76. The fraction of sp³-hybridized carbons (Fsp3) is 0.500. The highest BCUT2D eigenvalue weighted by Gasteiger charge is 2.05. The van der Waals surface area contributed by atoms with E-state index in [-0.39, 0.29) is 0 Å². The molecular weight excluding hydrogens is 210 g/mol. The first-order valence-corrected chi connectivity index (χ1v) is 5.40. The summed E-state index contributed by atoms with van der Waals surface area (Å²) in [6.07, 6.45) is 0.603. The van der Waals surface area contributed by atoms with Crippen molar-refractivity contribution in [3.8, 4) is 0 Å². The van der Waals surface area contributed by atoms with Crippen molar-refractivity contribution in [3.63, 3.8) is 0 Å². The molecule has 1 aromatic carbocycles. The van der Waals surface area contributed by atoms with Crippen molar-refractivity contribution in [1.82, 2.24) is 10.2 Å². The lowest BCUT2D eigenvalue weighted by Gasteiger charge is -2.16. The molecule has 0 aliphatic rings. The third kappa shape index (κ3) is 4.24. The summed E-state index contributed by atoms with van der Waals surface area (Å²) in [5.74, 6) is -0.980. The minimum absolute atomic E-state index is 0.456. The van der Waals surface area contributed by atoms with Crippen LogP contribution < -0.4 is 5.32 Å². The van der Waals surface area contributed by atoms with E-state index in [1.54, 1.807) is 0 Å². The monoisotopic (exact) mass is 228 g/mol. The Balaban J connectivity index is 2.42. The Morgan fingerprint density at radius 2 is 2.00 bits per heavy atom. The van der Waals surface area contributed by atoms with E-state index < -0.39 is 11.6 Å². The number of rotatable bonds is 6. The van der Waals surface area contributed by atoms with Gasteiger partial charge < -0.3 is 10.2 Å². The van der Waals surface area contributed by atoms with Gasteiger partial charge >= 0.3 is 0 Å². The van der Waals surface area contributed by atoms with Crippen LogP contribution in [0.1, 0.15) is 5.56 Å². The Hall–Kier alpha value is -1.00. The molecule has 0 saturated carbocycles. The molecular formula is C12H18F2N2. The molecule has 1 aromatic rings. The minimum atomic E-state index is -0.523. The molecule has 90 valence electrons. The molecule has 1 rings (SSSR count). The smallest absolute Gasteiger partial charge is 0.129 e. The van der Waals surface area contributed by atoms with E-state index in [1.807, 2.05) is 14.1 Å². The fourth-order valence-corrected chi connectivity index (χ4v) is 1.45. The van der Waals surface area contributed by atoms with Gasteiger partial charge in [-0.1, -0.05) is 6.07 Å². The van der Waals surface area contributed by atoms with Crippen molar-refractivity contribution in [2.24, 2.45) is 0 Å². The summed E-state index contributed by atoms with van der Waals surface area (Å²) in [5, 5.41) is 3.05. The second-order valence-electron chi connectivity index (χ2n) is 3.89. The number of nitrogens with zero attached hydrogens (tertiary/aromatic N) is 1. The lowest BCUT2D eigenvalue weighted by atomic mass is 10.1. The molecule has 0 bridgehead atoms. The molecule has 0 unspecified atom stereocenters. The molecule has 0 aromatic heterocycles. The van der Waals surface area contributed by atoms with Gasteiger partial charge in [-0.2, -0.15) is 0 Å². The highest BCUT2D eigenvalue weighted by atomic mass is 19.1. The van der Waals surface area contributed by atoms with Crippen LogP contribution in [-0.4, -0.2) is 38.6 Å². The van der Waals surface area contributed by atoms with Gasteiger partial charge in [-0.15, -0.1) is 0 Å². The van der Waals surface area contributed by atoms with Crippen LogP contribution in [0.4, 0.5) is 8.78 Å². The van der Waals surface area contributed by atoms with Crippen molar-refractivity contribution in [1.29, 1.82) is 0 Å². The summed E-state index contributed by atoms with van der Waals surface area (Å²) >= 11 is 0. The lowest BCUT2D eigenvalue weighted by molar-refractivity contribution is 0.337. The van der Waals surface area contributed by atoms with Crippen molar-refractivity contribution in [3.05, 3.63) is 35.4 Å². The van der Waals surface area contributed by atoms with Gasteiger partial charge in [0.15, 0.2) is 0 Å². The summed E-state index contributed by atoms with van der Waals surface area (Å²) in [7, 11) is 3.88. The molecule has 0 amide bonds. The highest BCUT2D eigenvalue weighted by Crippen LogP contribution is 2.10. The third-order valence-corrected chi connectivity index (χ3v) is 2.52. The Morgan fingerprint density at radius 3 is 2.62 bits per heavy atom. The Kier molecular flexibility index (Phi) is 5.35. The average molecular weight is 228 g/mol. The second-order valence-corrected chi connectivity index (χ2v) is 3.89. The zero-order chi connectivity index (χ0) is 12.0. The number of halogens is 2. The quantitative estimate of drug-likeness (QED) is 0.796. The van der Waals surface area contributed by atoms with Gasteiger partial charge in [0.25, 0.3) is 0 Å². The van der Waals surface area contributed by atoms with Crippen LogP contribution in [0, 0.1) is 11.6 Å². The number of benzene rings is 1. The molecule has 0 aliphatic heterocycles. The standard InChI is InChI=1S/C12H18F2N2/c1-15-6-8-16(2)7-5-10-3-4-11(13)9-12(10)14/h3-4,9,15H,5-8H2,1-2H3. The van der Waals surface area contributed by atoms with Gasteiger partial charge in [-0.3, -0.25) is 0 Å². The van der Waals surface area contributed by atoms with Gasteiger partial charge in [0.1, 0.15) is 11.6 Å². The summed E-state index contributed by atoms with van der Waals surface area (Å²) in [6.45, 7) is 2.59. The van der Waals surface area contributed by atoms with E-state index in [4.69, 9.17) is 0 Å². The molecule has 2 nitrogen and oxygen atoms in total. The third-order valence-electron chi connectivity index (χ3n) is 2.52. The van der Waals surface area contributed by atoms with Gasteiger partial charge in [0.05, 0.1) is 0 Å². The van der Waals surface area contributed by atoms with Crippen LogP contribution in [0.25, 0.3) is 0 Å². The number of hydrogen-bond donors (Lipinski definition) is 1. The van der Waals surface area contributed by atoms with Crippen molar-refractivity contribution in [2.75, 3.05) is 33.7 Å². The number of nitrogens with one attached hydrogen (secondary N) is 1. The highest BCUT2D eigenvalue weighted by molar-refractivity contribution is 5.18. The normalized spacial score (nSPS) is 11.1. The van der Waals surface area contributed by atoms with Crippen LogP contribution in [0.2, 0.25) is 0 Å². The molecule has 0 radical (unpaired) electrons. The topological polar surface area (TPSA) is 15.3 Å². The van der Waals surface area contributed by atoms with Gasteiger partial charge in [0, 0.05) is 25.7 Å². The van der Waals surface area contributed by atoms with E-state index in [0.717, 1.165) is 25.7 Å². The lowest BCUT2D eigenvalue weighted by Crippen LogP contribution is -2.29. The first kappa shape index (κ1) is 13.1. The molecule has 0 saturated heterocycles. The Labute approximate surface area is 95.3 Å². The first-order chi connectivity index (χ1) is 7.63. The molecule has 1 N–H and O–H groups in total. The van der Waals surface area contributed by atoms with E-state index in [0.29, 0.717) is 12.0 Å². The maximum Gasteiger partial charge on any atom is 0.129 e. The predicted molar refractivity (Wildman–Crippen MR) is 61.5 cm³/mol. The van der Waals surface area contributed by atoms with E-state index in [9.17, 15) is 8.78 Å². The maximum absolute atomic E-state index is 13.3. The largest absolute Gasteiger partial charge is 0.318 e. The van der Waals surface area contributed by atoms with Crippen molar-refractivity contribution >= 4 is 0 Å². The minimum Gasteiger partial charge on any atom is -0.318 e. The summed E-state index contributed by atoms with van der Waals surface area (Å²) in [4.78, 5) is 2.11. The Bertz CT molecular complexity index is 329. The van der Waals surface area contributed by atoms with E-state index in [2.05, 4.69) is 10.2 Å². The van der Waals surface area contributed by atoms with Gasteiger partial charge in [0.2, 0.25) is 0 Å². The number of likely N-dealkylation sites (N-methyl/N-ethyl adjacent to an activating group) is 2. The van der Waals surface area contributed by atoms with Crippen LogP contribution in [0.5, 0.6) is 0 Å². The molecule has 16 heavy (non-hydrogen) atoms. The van der Waals surface area contributed by atoms with Gasteiger partial charge in [-0.05, 0) is 32.1 Å². The van der Waals surface area contributed by atoms with Crippen molar-refractivity contribution < 1.29 is 8.78 Å². The van der Waals surface area contributed by atoms with E-state index in [1.165, 1.54) is 12.1 Å². The second kappa shape index (κ2) is 6.55. The molecule has 0 fully saturated rings. The van der Waals surface area contributed by atoms with Crippen molar-refractivity contribution in [2.45, 2.75) is 6.42 Å². The average Bonchev–Trinajstić information content (AvgIpc) is 2.25. The molecule has 0 spiro atoms. The summed E-state index contributed by atoms with van der Waals surface area (Å²) in [5.41, 5.74) is 0.567. The molecule has 4 heteroatoms. The predicted octanol–water partition coefficient (Wildman–Crippen LogP) is 1.66. The number of hydrogen-bond acceptors (Lipinski definition) is 2. The van der Waals surface area contributed by atoms with Crippen LogP contribution in [-0.2, 0) is 6.42 Å². The zero-order valence-electron chi connectivity index (χ0n) is 9.76. The molecule has 0 aliphatic carbocycles. The van der Waals surface area contributed by atoms with Crippen LogP contribution in [0.3, 0.4) is 0 Å². The summed E-state index contributed by atoms with van der Waals surface area (Å²) < 4.78 is 25.9. The van der Waals surface area contributed by atoms with E-state index >= 15 is 0 Å². The molecule has 0 heterocycles. The summed E-state index contributed by atoms with van der Waals surface area (Å²) in [6, 6.07) is 3.74. The van der Waals surface area contributed by atoms with Crippen LogP contribution >= 0.6 is 0 Å². The first-order valence-electron chi connectivity index (χ1n) is 5.40. The maximum atomic E-state index is 13.3. The van der Waals surface area contributed by atoms with Gasteiger partial charge in [-0.25, -0.2) is 8.78 Å². The molecule has 0 atom stereocenters.